The second-order valence-corrected chi connectivity index (χ2v) is 5.28. The second kappa shape index (κ2) is 5.55. The molecule has 0 saturated heterocycles. The van der Waals surface area contributed by atoms with Gasteiger partial charge in [-0.15, -0.1) is 0 Å². The second-order valence-electron chi connectivity index (χ2n) is 5.28. The lowest BCUT2D eigenvalue weighted by molar-refractivity contribution is -0.154. The molecule has 0 atom stereocenters. The van der Waals surface area contributed by atoms with Crippen molar-refractivity contribution in [2.45, 2.75) is 19.3 Å². The molecule has 1 aliphatic carbocycles. The van der Waals surface area contributed by atoms with Crippen LogP contribution in [0.15, 0.2) is 24.3 Å². The van der Waals surface area contributed by atoms with Gasteiger partial charge in [0.05, 0.1) is 17.3 Å². The first kappa shape index (κ1) is 13.6. The van der Waals surface area contributed by atoms with Gasteiger partial charge in [-0.3, -0.25) is 19.3 Å². The maximum atomic E-state index is 12.2. The van der Waals surface area contributed by atoms with Gasteiger partial charge in [0.25, 0.3) is 5.91 Å². The average Bonchev–Trinajstić information content (AvgIpc) is 2.42. The molecule has 6 heteroatoms. The van der Waals surface area contributed by atoms with Crippen LogP contribution in [0.1, 0.15) is 19.3 Å². The van der Waals surface area contributed by atoms with Crippen LogP contribution in [-0.2, 0) is 19.1 Å². The zero-order chi connectivity index (χ0) is 14.8. The number of para-hydroxylation sites is 2. The summed E-state index contributed by atoms with van der Waals surface area (Å²) in [6.45, 7) is -0.381. The molecular weight excluding hydrogens is 272 g/mol. The van der Waals surface area contributed by atoms with Crippen molar-refractivity contribution in [1.82, 2.24) is 0 Å². The lowest BCUT2D eigenvalue weighted by atomic mass is 9.86. The lowest BCUT2D eigenvalue weighted by Gasteiger charge is -2.29. The summed E-state index contributed by atoms with van der Waals surface area (Å²) in [5.41, 5.74) is 1.22. The van der Waals surface area contributed by atoms with Gasteiger partial charge in [-0.05, 0) is 25.0 Å². The summed E-state index contributed by atoms with van der Waals surface area (Å²) in [4.78, 5) is 36.8. The van der Waals surface area contributed by atoms with E-state index in [2.05, 4.69) is 5.32 Å². The predicted octanol–water partition coefficient (Wildman–Crippen LogP) is 1.31. The molecule has 0 spiro atoms. The summed E-state index contributed by atoms with van der Waals surface area (Å²) in [6.07, 6.45) is 2.71. The molecule has 1 aromatic rings. The number of hydrogen-bond acceptors (Lipinski definition) is 4. The van der Waals surface area contributed by atoms with Gasteiger partial charge in [-0.1, -0.05) is 18.6 Å². The summed E-state index contributed by atoms with van der Waals surface area (Å²) < 4.78 is 5.05. The molecule has 1 aliphatic heterocycles. The Morgan fingerprint density at radius 1 is 1.29 bits per heavy atom. The SMILES string of the molecule is O=C1CN(C(=O)COC(=O)C2CCC2)c2ccccc2N1. The molecule has 0 unspecified atom stereocenters. The molecule has 1 aromatic carbocycles. The van der Waals surface area contributed by atoms with Gasteiger partial charge in [0.2, 0.25) is 5.91 Å². The number of benzene rings is 1. The van der Waals surface area contributed by atoms with E-state index < -0.39 is 0 Å². The summed E-state index contributed by atoms with van der Waals surface area (Å²) in [7, 11) is 0. The molecule has 110 valence electrons. The fourth-order valence-electron chi connectivity index (χ4n) is 2.43. The van der Waals surface area contributed by atoms with Crippen molar-refractivity contribution in [3.63, 3.8) is 0 Å². The monoisotopic (exact) mass is 288 g/mol. The number of anilines is 2. The van der Waals surface area contributed by atoms with Gasteiger partial charge in [0.15, 0.2) is 6.61 Å². The van der Waals surface area contributed by atoms with Gasteiger partial charge in [-0.2, -0.15) is 0 Å². The van der Waals surface area contributed by atoms with E-state index in [4.69, 9.17) is 4.74 Å². The van der Waals surface area contributed by atoms with Crippen molar-refractivity contribution in [3.05, 3.63) is 24.3 Å². The minimum absolute atomic E-state index is 0.0587. The smallest absolute Gasteiger partial charge is 0.309 e. The van der Waals surface area contributed by atoms with E-state index in [1.54, 1.807) is 24.3 Å². The summed E-state index contributed by atoms with van der Waals surface area (Å²) in [5, 5.41) is 2.71. The third-order valence-electron chi connectivity index (χ3n) is 3.85. The molecule has 1 N–H and O–H groups in total. The Labute approximate surface area is 122 Å². The number of amides is 2. The Kier molecular flexibility index (Phi) is 3.60. The minimum Gasteiger partial charge on any atom is -0.455 e. The van der Waals surface area contributed by atoms with Crippen molar-refractivity contribution in [1.29, 1.82) is 0 Å². The highest BCUT2D eigenvalue weighted by molar-refractivity contribution is 6.10. The number of hydrogen-bond donors (Lipinski definition) is 1. The third-order valence-corrected chi connectivity index (χ3v) is 3.85. The highest BCUT2D eigenvalue weighted by Gasteiger charge is 2.30. The van der Waals surface area contributed by atoms with E-state index in [1.165, 1.54) is 4.90 Å². The molecule has 2 aliphatic rings. The molecular formula is C15H16N2O4. The van der Waals surface area contributed by atoms with Crippen LogP contribution >= 0.6 is 0 Å². The van der Waals surface area contributed by atoms with Crippen LogP contribution < -0.4 is 10.2 Å². The first-order valence-corrected chi connectivity index (χ1v) is 7.01. The fourth-order valence-corrected chi connectivity index (χ4v) is 2.43. The molecule has 6 nitrogen and oxygen atoms in total. The van der Waals surface area contributed by atoms with E-state index in [1.807, 2.05) is 0 Å². The number of esters is 1. The zero-order valence-electron chi connectivity index (χ0n) is 11.5. The van der Waals surface area contributed by atoms with Crippen LogP contribution in [0.4, 0.5) is 11.4 Å². The van der Waals surface area contributed by atoms with Crippen LogP contribution in [0.5, 0.6) is 0 Å². The minimum atomic E-state index is -0.384. The number of nitrogens with one attached hydrogen (secondary N) is 1. The van der Waals surface area contributed by atoms with E-state index in [0.29, 0.717) is 11.4 Å². The van der Waals surface area contributed by atoms with Crippen molar-refractivity contribution < 1.29 is 19.1 Å². The van der Waals surface area contributed by atoms with E-state index in [9.17, 15) is 14.4 Å². The van der Waals surface area contributed by atoms with Gasteiger partial charge in [-0.25, -0.2) is 0 Å². The van der Waals surface area contributed by atoms with Crippen LogP contribution in [0, 0.1) is 5.92 Å². The fraction of sp³-hybridized carbons (Fsp3) is 0.400. The number of rotatable bonds is 3. The maximum absolute atomic E-state index is 12.2. The van der Waals surface area contributed by atoms with Crippen LogP contribution in [0.2, 0.25) is 0 Å². The Morgan fingerprint density at radius 3 is 2.76 bits per heavy atom. The van der Waals surface area contributed by atoms with Crippen molar-refractivity contribution in [3.8, 4) is 0 Å². The standard InChI is InChI=1S/C15H16N2O4/c18-13-8-17(12-7-2-1-6-11(12)16-13)14(19)9-21-15(20)10-4-3-5-10/h1-2,6-7,10H,3-5,8-9H2,(H,16,18). The zero-order valence-corrected chi connectivity index (χ0v) is 11.5. The molecule has 1 heterocycles. The van der Waals surface area contributed by atoms with E-state index in [-0.39, 0.29) is 36.9 Å². The predicted molar refractivity (Wildman–Crippen MR) is 75.7 cm³/mol. The van der Waals surface area contributed by atoms with Crippen LogP contribution in [0.25, 0.3) is 0 Å². The molecule has 0 aromatic heterocycles. The molecule has 1 saturated carbocycles. The summed E-state index contributed by atoms with van der Waals surface area (Å²) in [6, 6.07) is 7.05. The molecule has 21 heavy (non-hydrogen) atoms. The summed E-state index contributed by atoms with van der Waals surface area (Å²) >= 11 is 0. The van der Waals surface area contributed by atoms with Crippen LogP contribution in [0.3, 0.4) is 0 Å². The Morgan fingerprint density at radius 2 is 2.05 bits per heavy atom. The topological polar surface area (TPSA) is 75.7 Å². The van der Waals surface area contributed by atoms with Gasteiger partial charge in [0, 0.05) is 0 Å². The number of carbonyl (C=O) groups excluding carboxylic acids is 3. The summed E-state index contributed by atoms with van der Waals surface area (Å²) in [5.74, 6) is -1.02. The van der Waals surface area contributed by atoms with Crippen molar-refractivity contribution >= 4 is 29.2 Å². The number of fused-ring (bicyclic) bond motifs is 1. The highest BCUT2D eigenvalue weighted by atomic mass is 16.5. The highest BCUT2D eigenvalue weighted by Crippen LogP contribution is 2.29. The van der Waals surface area contributed by atoms with Crippen molar-refractivity contribution in [2.75, 3.05) is 23.4 Å². The lowest BCUT2D eigenvalue weighted by Crippen LogP contribution is -2.44. The average molecular weight is 288 g/mol. The Balaban J connectivity index is 1.66. The van der Waals surface area contributed by atoms with Gasteiger partial charge in [0.1, 0.15) is 6.54 Å². The van der Waals surface area contributed by atoms with Gasteiger partial charge >= 0.3 is 5.97 Å². The van der Waals surface area contributed by atoms with Gasteiger partial charge < -0.3 is 10.1 Å². The van der Waals surface area contributed by atoms with Crippen LogP contribution in [-0.4, -0.2) is 30.9 Å². The Bertz CT molecular complexity index is 595. The molecule has 0 bridgehead atoms. The molecule has 0 radical (unpaired) electrons. The maximum Gasteiger partial charge on any atom is 0.309 e. The first-order valence-electron chi connectivity index (χ1n) is 7.01. The quantitative estimate of drug-likeness (QED) is 0.851. The molecule has 2 amide bonds. The largest absolute Gasteiger partial charge is 0.455 e. The normalized spacial score (nSPS) is 17.5. The molecule has 3 rings (SSSR count). The number of carbonyl (C=O) groups is 3. The Hall–Kier alpha value is -2.37. The number of nitrogens with zero attached hydrogens (tertiary/aromatic N) is 1. The third kappa shape index (κ3) is 2.74. The van der Waals surface area contributed by atoms with Crippen molar-refractivity contribution in [2.24, 2.45) is 5.92 Å². The first-order chi connectivity index (χ1) is 10.1. The molecule has 1 fully saturated rings. The van der Waals surface area contributed by atoms with E-state index in [0.717, 1.165) is 19.3 Å². The number of ether oxygens (including phenoxy) is 1. The van der Waals surface area contributed by atoms with E-state index >= 15 is 0 Å².